The molecule has 1 unspecified atom stereocenters. The maximum absolute atomic E-state index is 5.89. The van der Waals surface area contributed by atoms with E-state index in [0.717, 1.165) is 6.42 Å². The summed E-state index contributed by atoms with van der Waals surface area (Å²) in [6.07, 6.45) is 1.07. The lowest BCUT2D eigenvalue weighted by Gasteiger charge is -2.25. The van der Waals surface area contributed by atoms with Crippen LogP contribution in [0.2, 0.25) is 0 Å². The molecule has 86 valence electrons. The maximum Gasteiger partial charge on any atom is 0.594 e. The fourth-order valence-corrected chi connectivity index (χ4v) is 2.48. The third-order valence-corrected chi connectivity index (χ3v) is 3.91. The average molecular weight is 221 g/mol. The van der Waals surface area contributed by atoms with Crippen LogP contribution in [0, 0.1) is 5.92 Å². The molecule has 0 spiro atoms. The predicted octanol–water partition coefficient (Wildman–Crippen LogP) is 1.52. The highest BCUT2D eigenvalue weighted by molar-refractivity contribution is 6.56. The van der Waals surface area contributed by atoms with E-state index in [1.54, 1.807) is 0 Å². The zero-order valence-electron chi connectivity index (χ0n) is 9.71. The molecule has 0 rings (SSSR count). The molecule has 0 heterocycles. The van der Waals surface area contributed by atoms with E-state index in [2.05, 4.69) is 13.8 Å². The Bertz CT molecular complexity index is 140. The molecule has 14 heavy (non-hydrogen) atoms. The minimum atomic E-state index is -2.83. The van der Waals surface area contributed by atoms with Gasteiger partial charge in [0.25, 0.3) is 0 Å². The highest BCUT2D eigenvalue weighted by atomic mass is 28.4. The standard InChI is InChI=1S/C9H23NO3Si/c1-5-9(4)8-13-14(10,11-6-2)12-7-3/h9H,5-8,10H2,1-4H3. The molecule has 0 radical (unpaired) electrons. The fraction of sp³-hybridized carbons (Fsp3) is 1.00. The van der Waals surface area contributed by atoms with Gasteiger partial charge in [-0.3, -0.25) is 5.40 Å². The highest BCUT2D eigenvalue weighted by Gasteiger charge is 2.36. The number of rotatable bonds is 8. The van der Waals surface area contributed by atoms with Gasteiger partial charge in [-0.05, 0) is 19.8 Å². The Labute approximate surface area is 88.2 Å². The molecule has 0 aliphatic rings. The maximum atomic E-state index is 5.89. The van der Waals surface area contributed by atoms with Crippen LogP contribution in [0.25, 0.3) is 0 Å². The molecule has 5 heteroatoms. The summed E-state index contributed by atoms with van der Waals surface area (Å²) >= 11 is 0. The quantitative estimate of drug-likeness (QED) is 0.631. The minimum absolute atomic E-state index is 0.492. The van der Waals surface area contributed by atoms with Gasteiger partial charge >= 0.3 is 8.97 Å². The van der Waals surface area contributed by atoms with Crippen LogP contribution in [-0.4, -0.2) is 28.8 Å². The Kier molecular flexibility index (Phi) is 7.39. The topological polar surface area (TPSA) is 53.7 Å². The van der Waals surface area contributed by atoms with Gasteiger partial charge in [0.1, 0.15) is 0 Å². The van der Waals surface area contributed by atoms with Crippen LogP contribution in [0.3, 0.4) is 0 Å². The second kappa shape index (κ2) is 7.36. The van der Waals surface area contributed by atoms with Crippen LogP contribution < -0.4 is 5.40 Å². The summed E-state index contributed by atoms with van der Waals surface area (Å²) in [5.41, 5.74) is 0. The Morgan fingerprint density at radius 1 is 1.07 bits per heavy atom. The Balaban J connectivity index is 3.94. The van der Waals surface area contributed by atoms with Gasteiger partial charge in [0.2, 0.25) is 0 Å². The minimum Gasteiger partial charge on any atom is -0.362 e. The first-order valence-corrected chi connectivity index (χ1v) is 7.08. The van der Waals surface area contributed by atoms with Crippen molar-refractivity contribution in [1.29, 1.82) is 0 Å². The van der Waals surface area contributed by atoms with Crippen LogP contribution in [0.15, 0.2) is 0 Å². The van der Waals surface area contributed by atoms with Gasteiger partial charge in [-0.15, -0.1) is 0 Å². The largest absolute Gasteiger partial charge is 0.594 e. The molecule has 0 saturated carbocycles. The highest BCUT2D eigenvalue weighted by Crippen LogP contribution is 2.07. The van der Waals surface area contributed by atoms with E-state index in [1.165, 1.54) is 0 Å². The van der Waals surface area contributed by atoms with Crippen molar-refractivity contribution in [3.63, 3.8) is 0 Å². The van der Waals surface area contributed by atoms with Crippen molar-refractivity contribution < 1.29 is 13.3 Å². The lowest BCUT2D eigenvalue weighted by Crippen LogP contribution is -2.56. The van der Waals surface area contributed by atoms with E-state index in [0.29, 0.717) is 25.7 Å². The van der Waals surface area contributed by atoms with Crippen LogP contribution in [0.5, 0.6) is 0 Å². The zero-order chi connectivity index (χ0) is 11.0. The smallest absolute Gasteiger partial charge is 0.362 e. The van der Waals surface area contributed by atoms with Crippen molar-refractivity contribution >= 4 is 8.97 Å². The lowest BCUT2D eigenvalue weighted by atomic mass is 10.1. The molecule has 0 amide bonds. The normalized spacial score (nSPS) is 14.4. The average Bonchev–Trinajstić information content (AvgIpc) is 2.15. The number of hydrogen-bond donors (Lipinski definition) is 1. The number of nitrogens with two attached hydrogens (primary N) is 1. The zero-order valence-corrected chi connectivity index (χ0v) is 10.7. The molecule has 0 saturated heterocycles. The summed E-state index contributed by atoms with van der Waals surface area (Å²) < 4.78 is 16.2. The van der Waals surface area contributed by atoms with Crippen LogP contribution in [0.4, 0.5) is 0 Å². The van der Waals surface area contributed by atoms with Gasteiger partial charge in [0.05, 0.1) is 0 Å². The first-order chi connectivity index (χ1) is 6.58. The van der Waals surface area contributed by atoms with E-state index < -0.39 is 8.97 Å². The summed E-state index contributed by atoms with van der Waals surface area (Å²) in [4.78, 5) is 0. The summed E-state index contributed by atoms with van der Waals surface area (Å²) in [6, 6.07) is 0. The van der Waals surface area contributed by atoms with E-state index in [4.69, 9.17) is 18.7 Å². The third-order valence-electron chi connectivity index (χ3n) is 1.96. The van der Waals surface area contributed by atoms with E-state index in [1.807, 2.05) is 13.8 Å². The van der Waals surface area contributed by atoms with Crippen molar-refractivity contribution in [1.82, 2.24) is 0 Å². The molecule has 2 N–H and O–H groups in total. The molecule has 0 aromatic carbocycles. The summed E-state index contributed by atoms with van der Waals surface area (Å²) in [7, 11) is -2.83. The monoisotopic (exact) mass is 221 g/mol. The van der Waals surface area contributed by atoms with Gasteiger partial charge in [0, 0.05) is 19.8 Å². The molecule has 4 nitrogen and oxygen atoms in total. The second-order valence-corrected chi connectivity index (χ2v) is 5.37. The SMILES string of the molecule is CCO[Si](N)(OCC)OCC(C)CC. The summed E-state index contributed by atoms with van der Waals surface area (Å²) in [5, 5.41) is 5.89. The first kappa shape index (κ1) is 14.1. The second-order valence-electron chi connectivity index (χ2n) is 3.29. The molecular formula is C9H23NO3Si. The molecule has 0 aliphatic heterocycles. The lowest BCUT2D eigenvalue weighted by molar-refractivity contribution is 0.0570. The van der Waals surface area contributed by atoms with Crippen molar-refractivity contribution in [2.45, 2.75) is 34.1 Å². The summed E-state index contributed by atoms with van der Waals surface area (Å²) in [5.74, 6) is 0.492. The van der Waals surface area contributed by atoms with Gasteiger partial charge in [-0.2, -0.15) is 0 Å². The molecule has 0 aromatic rings. The molecule has 0 bridgehead atoms. The molecular weight excluding hydrogens is 198 g/mol. The van der Waals surface area contributed by atoms with Gasteiger partial charge in [-0.1, -0.05) is 20.3 Å². The Hall–Kier alpha value is 0.0569. The van der Waals surface area contributed by atoms with E-state index in [-0.39, 0.29) is 0 Å². The van der Waals surface area contributed by atoms with Crippen LogP contribution >= 0.6 is 0 Å². The molecule has 1 atom stereocenters. The number of hydrogen-bond acceptors (Lipinski definition) is 4. The molecule has 0 fully saturated rings. The van der Waals surface area contributed by atoms with Crippen molar-refractivity contribution in [3.8, 4) is 0 Å². The van der Waals surface area contributed by atoms with Gasteiger partial charge in [-0.25, -0.2) is 0 Å². The Morgan fingerprint density at radius 2 is 1.57 bits per heavy atom. The van der Waals surface area contributed by atoms with Gasteiger partial charge in [0.15, 0.2) is 0 Å². The summed E-state index contributed by atoms with van der Waals surface area (Å²) in [6.45, 7) is 9.69. The fourth-order valence-electron chi connectivity index (χ4n) is 0.904. The van der Waals surface area contributed by atoms with Crippen molar-refractivity contribution in [2.24, 2.45) is 11.3 Å². The van der Waals surface area contributed by atoms with E-state index in [9.17, 15) is 0 Å². The predicted molar refractivity (Wildman–Crippen MR) is 58.6 cm³/mol. The molecule has 0 aliphatic carbocycles. The van der Waals surface area contributed by atoms with Crippen molar-refractivity contribution in [3.05, 3.63) is 0 Å². The van der Waals surface area contributed by atoms with Gasteiger partial charge < -0.3 is 13.3 Å². The third kappa shape index (κ3) is 5.72. The van der Waals surface area contributed by atoms with Crippen LogP contribution in [0.1, 0.15) is 34.1 Å². The van der Waals surface area contributed by atoms with Crippen LogP contribution in [-0.2, 0) is 13.3 Å². The first-order valence-electron chi connectivity index (χ1n) is 5.28. The molecule has 0 aromatic heterocycles. The van der Waals surface area contributed by atoms with Crippen molar-refractivity contribution in [2.75, 3.05) is 19.8 Å². The Morgan fingerprint density at radius 3 is 1.93 bits per heavy atom. The van der Waals surface area contributed by atoms with E-state index >= 15 is 0 Å².